The average Bonchev–Trinajstić information content (AvgIpc) is 2.54. The Labute approximate surface area is 137 Å². The van der Waals surface area contributed by atoms with Crippen LogP contribution in [0.5, 0.6) is 11.5 Å². The Morgan fingerprint density at radius 2 is 1.91 bits per heavy atom. The van der Waals surface area contributed by atoms with Crippen molar-refractivity contribution in [2.75, 3.05) is 24.9 Å². The largest absolute Gasteiger partial charge is 0.497 e. The number of anilines is 3. The minimum atomic E-state index is 0.316. The SMILES string of the molecule is CCC(C)Nc1nc(C)cc(Nc2cc(OC)ccc2OC)n1. The molecule has 23 heavy (non-hydrogen) atoms. The van der Waals surface area contributed by atoms with Crippen LogP contribution in [0.25, 0.3) is 0 Å². The van der Waals surface area contributed by atoms with E-state index < -0.39 is 0 Å². The highest BCUT2D eigenvalue weighted by molar-refractivity contribution is 5.67. The van der Waals surface area contributed by atoms with E-state index in [1.165, 1.54) is 0 Å². The molecule has 1 aromatic heterocycles. The topological polar surface area (TPSA) is 68.3 Å². The fraction of sp³-hybridized carbons (Fsp3) is 0.412. The maximum Gasteiger partial charge on any atom is 0.225 e. The van der Waals surface area contributed by atoms with E-state index in [-0.39, 0.29) is 0 Å². The van der Waals surface area contributed by atoms with Crippen molar-refractivity contribution in [3.8, 4) is 11.5 Å². The normalized spacial score (nSPS) is 11.7. The summed E-state index contributed by atoms with van der Waals surface area (Å²) in [5, 5.41) is 6.57. The first-order chi connectivity index (χ1) is 11.0. The first kappa shape index (κ1) is 16.9. The number of nitrogens with one attached hydrogen (secondary N) is 2. The Morgan fingerprint density at radius 1 is 1.13 bits per heavy atom. The Hall–Kier alpha value is -2.50. The number of nitrogens with zero attached hydrogens (tertiary/aromatic N) is 2. The van der Waals surface area contributed by atoms with Crippen LogP contribution < -0.4 is 20.1 Å². The quantitative estimate of drug-likeness (QED) is 0.810. The molecule has 2 N–H and O–H groups in total. The standard InChI is InChI=1S/C17H24N4O2/c1-6-11(2)18-17-19-12(3)9-16(21-17)20-14-10-13(22-4)7-8-15(14)23-5/h7-11H,6H2,1-5H3,(H2,18,19,20,21). The molecular weight excluding hydrogens is 292 g/mol. The van der Waals surface area contributed by atoms with E-state index in [4.69, 9.17) is 9.47 Å². The molecule has 0 aliphatic rings. The van der Waals surface area contributed by atoms with Crippen molar-refractivity contribution in [2.24, 2.45) is 0 Å². The van der Waals surface area contributed by atoms with Crippen LogP contribution >= 0.6 is 0 Å². The summed E-state index contributed by atoms with van der Waals surface area (Å²) >= 11 is 0. The molecule has 0 saturated heterocycles. The second-order valence-electron chi connectivity index (χ2n) is 5.36. The number of rotatable bonds is 7. The number of aromatic nitrogens is 2. The lowest BCUT2D eigenvalue weighted by Crippen LogP contribution is -2.16. The first-order valence-corrected chi connectivity index (χ1v) is 7.67. The number of benzene rings is 1. The Morgan fingerprint density at radius 3 is 2.57 bits per heavy atom. The highest BCUT2D eigenvalue weighted by Gasteiger charge is 2.09. The van der Waals surface area contributed by atoms with E-state index in [2.05, 4.69) is 34.4 Å². The second-order valence-corrected chi connectivity index (χ2v) is 5.36. The minimum Gasteiger partial charge on any atom is -0.497 e. The molecular formula is C17H24N4O2. The van der Waals surface area contributed by atoms with Gasteiger partial charge in [0.15, 0.2) is 0 Å². The number of hydrogen-bond acceptors (Lipinski definition) is 6. The van der Waals surface area contributed by atoms with Gasteiger partial charge in [-0.05, 0) is 32.4 Å². The zero-order valence-electron chi connectivity index (χ0n) is 14.3. The van der Waals surface area contributed by atoms with Gasteiger partial charge in [-0.25, -0.2) is 4.98 Å². The van der Waals surface area contributed by atoms with Crippen molar-refractivity contribution >= 4 is 17.5 Å². The molecule has 6 nitrogen and oxygen atoms in total. The van der Waals surface area contributed by atoms with Gasteiger partial charge in [-0.2, -0.15) is 4.98 Å². The lowest BCUT2D eigenvalue weighted by atomic mass is 10.2. The Kier molecular flexibility index (Phi) is 5.62. The van der Waals surface area contributed by atoms with Crippen molar-refractivity contribution in [1.29, 1.82) is 0 Å². The van der Waals surface area contributed by atoms with Crippen molar-refractivity contribution < 1.29 is 9.47 Å². The molecule has 0 aliphatic carbocycles. The molecule has 2 rings (SSSR count). The van der Waals surface area contributed by atoms with Crippen molar-refractivity contribution in [3.05, 3.63) is 30.0 Å². The highest BCUT2D eigenvalue weighted by atomic mass is 16.5. The zero-order chi connectivity index (χ0) is 16.8. The number of aryl methyl sites for hydroxylation is 1. The predicted octanol–water partition coefficient (Wildman–Crippen LogP) is 3.76. The lowest BCUT2D eigenvalue weighted by Gasteiger charge is -2.15. The molecule has 2 aromatic rings. The van der Waals surface area contributed by atoms with Gasteiger partial charge in [-0.3, -0.25) is 0 Å². The van der Waals surface area contributed by atoms with Crippen LogP contribution in [0.15, 0.2) is 24.3 Å². The second kappa shape index (κ2) is 7.67. The predicted molar refractivity (Wildman–Crippen MR) is 93.0 cm³/mol. The van der Waals surface area contributed by atoms with E-state index in [0.717, 1.165) is 29.3 Å². The van der Waals surface area contributed by atoms with E-state index in [1.807, 2.05) is 31.2 Å². The first-order valence-electron chi connectivity index (χ1n) is 7.67. The molecule has 0 amide bonds. The molecule has 1 atom stereocenters. The summed E-state index contributed by atoms with van der Waals surface area (Å²) in [6.07, 6.45) is 1.00. The van der Waals surface area contributed by atoms with Gasteiger partial charge >= 0.3 is 0 Å². The summed E-state index contributed by atoms with van der Waals surface area (Å²) in [7, 11) is 3.27. The molecule has 0 fully saturated rings. The van der Waals surface area contributed by atoms with E-state index >= 15 is 0 Å². The van der Waals surface area contributed by atoms with E-state index in [9.17, 15) is 0 Å². The summed E-state index contributed by atoms with van der Waals surface area (Å²) < 4.78 is 10.6. The molecule has 1 aromatic carbocycles. The van der Waals surface area contributed by atoms with Crippen molar-refractivity contribution in [2.45, 2.75) is 33.2 Å². The molecule has 0 bridgehead atoms. The van der Waals surface area contributed by atoms with Crippen LogP contribution in [-0.2, 0) is 0 Å². The number of ether oxygens (including phenoxy) is 2. The summed E-state index contributed by atoms with van der Waals surface area (Å²) in [5.41, 5.74) is 1.68. The average molecular weight is 316 g/mol. The third-order valence-corrected chi connectivity index (χ3v) is 3.51. The van der Waals surface area contributed by atoms with Gasteiger partial charge in [0, 0.05) is 23.9 Å². The van der Waals surface area contributed by atoms with Gasteiger partial charge in [-0.15, -0.1) is 0 Å². The Bertz CT molecular complexity index is 661. The van der Waals surface area contributed by atoms with Crippen LogP contribution in [0.2, 0.25) is 0 Å². The molecule has 0 aliphatic heterocycles. The van der Waals surface area contributed by atoms with Gasteiger partial charge in [0.05, 0.1) is 19.9 Å². The van der Waals surface area contributed by atoms with Crippen LogP contribution in [-0.4, -0.2) is 30.2 Å². The summed E-state index contributed by atoms with van der Waals surface area (Å²) in [4.78, 5) is 8.94. The lowest BCUT2D eigenvalue weighted by molar-refractivity contribution is 0.405. The van der Waals surface area contributed by atoms with E-state index in [0.29, 0.717) is 17.8 Å². The molecule has 124 valence electrons. The molecule has 1 unspecified atom stereocenters. The minimum absolute atomic E-state index is 0.316. The van der Waals surface area contributed by atoms with Crippen LogP contribution in [0.1, 0.15) is 26.0 Å². The van der Waals surface area contributed by atoms with Gasteiger partial charge < -0.3 is 20.1 Å². The molecule has 0 spiro atoms. The smallest absolute Gasteiger partial charge is 0.225 e. The van der Waals surface area contributed by atoms with Gasteiger partial charge in [-0.1, -0.05) is 6.92 Å². The van der Waals surface area contributed by atoms with Gasteiger partial charge in [0.2, 0.25) is 5.95 Å². The van der Waals surface area contributed by atoms with Gasteiger partial charge in [0.25, 0.3) is 0 Å². The third-order valence-electron chi connectivity index (χ3n) is 3.51. The molecule has 0 saturated carbocycles. The van der Waals surface area contributed by atoms with Crippen molar-refractivity contribution in [3.63, 3.8) is 0 Å². The summed E-state index contributed by atoms with van der Waals surface area (Å²) in [5.74, 6) is 2.79. The molecule has 6 heteroatoms. The summed E-state index contributed by atoms with van der Waals surface area (Å²) in [6.45, 7) is 6.16. The van der Waals surface area contributed by atoms with Crippen molar-refractivity contribution in [1.82, 2.24) is 9.97 Å². The molecule has 0 radical (unpaired) electrons. The van der Waals surface area contributed by atoms with Crippen LogP contribution in [0.4, 0.5) is 17.5 Å². The molecule has 1 heterocycles. The number of methoxy groups -OCH3 is 2. The summed E-state index contributed by atoms with van der Waals surface area (Å²) in [6, 6.07) is 7.79. The van der Waals surface area contributed by atoms with E-state index in [1.54, 1.807) is 14.2 Å². The maximum atomic E-state index is 5.38. The highest BCUT2D eigenvalue weighted by Crippen LogP contribution is 2.31. The Balaban J connectivity index is 2.29. The van der Waals surface area contributed by atoms with Gasteiger partial charge in [0.1, 0.15) is 17.3 Å². The fourth-order valence-corrected chi connectivity index (χ4v) is 2.07. The van der Waals surface area contributed by atoms with Crippen LogP contribution in [0.3, 0.4) is 0 Å². The van der Waals surface area contributed by atoms with Crippen LogP contribution in [0, 0.1) is 6.92 Å². The fourth-order valence-electron chi connectivity index (χ4n) is 2.07. The maximum absolute atomic E-state index is 5.38. The third kappa shape index (κ3) is 4.48. The number of hydrogen-bond donors (Lipinski definition) is 2. The zero-order valence-corrected chi connectivity index (χ0v) is 14.3. The monoisotopic (exact) mass is 316 g/mol.